The lowest BCUT2D eigenvalue weighted by Gasteiger charge is -2.09. The van der Waals surface area contributed by atoms with E-state index in [2.05, 4.69) is 15.6 Å². The number of carbonyl (C=O) groups excluding carboxylic acids is 2. The number of carbonyl (C=O) groups is 2. The van der Waals surface area contributed by atoms with Crippen molar-refractivity contribution in [2.45, 2.75) is 25.3 Å². The van der Waals surface area contributed by atoms with Gasteiger partial charge in [0.05, 0.1) is 11.2 Å². The van der Waals surface area contributed by atoms with Crippen molar-refractivity contribution < 1.29 is 9.59 Å². The number of nitrogens with one attached hydrogen (secondary N) is 2. The Bertz CT molecular complexity index is 377. The molecule has 1 unspecified atom stereocenters. The Balaban J connectivity index is 1.70. The van der Waals surface area contributed by atoms with Crippen LogP contribution in [-0.4, -0.2) is 29.4 Å². The molecule has 0 bridgehead atoms. The summed E-state index contributed by atoms with van der Waals surface area (Å²) in [5, 5.41) is 7.39. The minimum Gasteiger partial charge on any atom is -0.354 e. The molecule has 0 radical (unpaired) electrons. The van der Waals surface area contributed by atoms with Gasteiger partial charge in [-0.15, -0.1) is 11.3 Å². The first-order chi connectivity index (χ1) is 7.75. The highest BCUT2D eigenvalue weighted by Gasteiger charge is 2.26. The third kappa shape index (κ3) is 2.79. The maximum Gasteiger partial charge on any atom is 0.242 e. The summed E-state index contributed by atoms with van der Waals surface area (Å²) in [5.74, 6) is -0.138. The van der Waals surface area contributed by atoms with Gasteiger partial charge in [-0.05, 0) is 6.42 Å². The molecule has 0 saturated carbocycles. The first-order valence-electron chi connectivity index (χ1n) is 5.20. The third-order valence-corrected chi connectivity index (χ3v) is 3.11. The minimum atomic E-state index is -0.345. The number of amides is 2. The van der Waals surface area contributed by atoms with Crippen LogP contribution < -0.4 is 10.6 Å². The Morgan fingerprint density at radius 2 is 2.56 bits per heavy atom. The molecule has 16 heavy (non-hydrogen) atoms. The standard InChI is InChI=1S/C10H13N3O2S/c14-9-2-1-8(13-9)10(15)11-4-3-7-5-16-6-12-7/h5-6,8H,1-4H2,(H,11,15)(H,13,14). The molecule has 6 heteroatoms. The number of thiazole rings is 1. The molecular weight excluding hydrogens is 226 g/mol. The smallest absolute Gasteiger partial charge is 0.242 e. The van der Waals surface area contributed by atoms with Crippen molar-refractivity contribution in [3.05, 3.63) is 16.6 Å². The molecule has 1 aliphatic heterocycles. The fraction of sp³-hybridized carbons (Fsp3) is 0.500. The molecule has 1 fully saturated rings. The van der Waals surface area contributed by atoms with Crippen molar-refractivity contribution in [1.82, 2.24) is 15.6 Å². The van der Waals surface area contributed by atoms with E-state index in [1.165, 1.54) is 0 Å². The van der Waals surface area contributed by atoms with E-state index >= 15 is 0 Å². The molecule has 1 aliphatic rings. The van der Waals surface area contributed by atoms with Gasteiger partial charge in [-0.1, -0.05) is 0 Å². The van der Waals surface area contributed by atoms with E-state index in [0.29, 0.717) is 19.4 Å². The summed E-state index contributed by atoms with van der Waals surface area (Å²) < 4.78 is 0. The average molecular weight is 239 g/mol. The highest BCUT2D eigenvalue weighted by Crippen LogP contribution is 2.06. The molecule has 86 valence electrons. The Hall–Kier alpha value is -1.43. The topological polar surface area (TPSA) is 71.1 Å². The summed E-state index contributed by atoms with van der Waals surface area (Å²) in [4.78, 5) is 26.6. The molecule has 2 heterocycles. The summed E-state index contributed by atoms with van der Waals surface area (Å²) in [6, 6.07) is -0.345. The second-order valence-corrected chi connectivity index (χ2v) is 4.40. The van der Waals surface area contributed by atoms with Crippen LogP contribution in [0.5, 0.6) is 0 Å². The van der Waals surface area contributed by atoms with Crippen LogP contribution >= 0.6 is 11.3 Å². The van der Waals surface area contributed by atoms with Crippen molar-refractivity contribution in [2.24, 2.45) is 0 Å². The lowest BCUT2D eigenvalue weighted by molar-refractivity contribution is -0.125. The normalized spacial score (nSPS) is 19.5. The third-order valence-electron chi connectivity index (χ3n) is 2.48. The SMILES string of the molecule is O=C1CCC(C(=O)NCCc2cscn2)N1. The number of rotatable bonds is 4. The van der Waals surface area contributed by atoms with E-state index in [1.54, 1.807) is 16.8 Å². The van der Waals surface area contributed by atoms with Gasteiger partial charge in [0.15, 0.2) is 0 Å². The molecular formula is C10H13N3O2S. The first kappa shape index (κ1) is 11.1. The average Bonchev–Trinajstić information content (AvgIpc) is 2.89. The molecule has 0 spiro atoms. The van der Waals surface area contributed by atoms with E-state index in [1.807, 2.05) is 5.38 Å². The van der Waals surface area contributed by atoms with Crippen LogP contribution in [0, 0.1) is 0 Å². The Morgan fingerprint density at radius 1 is 1.69 bits per heavy atom. The summed E-state index contributed by atoms with van der Waals surface area (Å²) in [6.45, 7) is 0.564. The Morgan fingerprint density at radius 3 is 3.19 bits per heavy atom. The largest absolute Gasteiger partial charge is 0.354 e. The molecule has 2 rings (SSSR count). The zero-order valence-electron chi connectivity index (χ0n) is 8.73. The summed E-state index contributed by atoms with van der Waals surface area (Å²) in [7, 11) is 0. The molecule has 1 atom stereocenters. The van der Waals surface area contributed by atoms with Crippen LogP contribution in [0.15, 0.2) is 10.9 Å². The van der Waals surface area contributed by atoms with Crippen molar-refractivity contribution in [1.29, 1.82) is 0 Å². The molecule has 1 aromatic rings. The summed E-state index contributed by atoms with van der Waals surface area (Å²) >= 11 is 1.54. The lowest BCUT2D eigenvalue weighted by Crippen LogP contribution is -2.42. The van der Waals surface area contributed by atoms with E-state index in [-0.39, 0.29) is 17.9 Å². The maximum atomic E-state index is 11.6. The van der Waals surface area contributed by atoms with Gasteiger partial charge in [0.1, 0.15) is 6.04 Å². The predicted octanol–water partition coefficient (Wildman–Crippen LogP) is 0.0804. The van der Waals surface area contributed by atoms with E-state index in [4.69, 9.17) is 0 Å². The van der Waals surface area contributed by atoms with E-state index in [0.717, 1.165) is 12.1 Å². The van der Waals surface area contributed by atoms with E-state index in [9.17, 15) is 9.59 Å². The van der Waals surface area contributed by atoms with Gasteiger partial charge in [-0.2, -0.15) is 0 Å². The zero-order valence-corrected chi connectivity index (χ0v) is 9.55. The molecule has 2 amide bonds. The van der Waals surface area contributed by atoms with Gasteiger partial charge in [0.25, 0.3) is 0 Å². The van der Waals surface area contributed by atoms with Crippen molar-refractivity contribution in [3.8, 4) is 0 Å². The Labute approximate surface area is 97.3 Å². The van der Waals surface area contributed by atoms with Crippen molar-refractivity contribution in [3.63, 3.8) is 0 Å². The van der Waals surface area contributed by atoms with E-state index < -0.39 is 0 Å². The highest BCUT2D eigenvalue weighted by atomic mass is 32.1. The molecule has 5 nitrogen and oxygen atoms in total. The fourth-order valence-electron chi connectivity index (χ4n) is 1.61. The molecule has 1 aromatic heterocycles. The van der Waals surface area contributed by atoms with Crippen molar-refractivity contribution >= 4 is 23.2 Å². The molecule has 0 aliphatic carbocycles. The fourth-order valence-corrected chi connectivity index (χ4v) is 2.20. The van der Waals surface area contributed by atoms with Gasteiger partial charge in [0, 0.05) is 24.8 Å². The lowest BCUT2D eigenvalue weighted by atomic mass is 10.2. The van der Waals surface area contributed by atoms with Gasteiger partial charge in [-0.3, -0.25) is 9.59 Å². The summed E-state index contributed by atoms with van der Waals surface area (Å²) in [5.41, 5.74) is 2.76. The minimum absolute atomic E-state index is 0.0420. The second kappa shape index (κ2) is 5.07. The molecule has 1 saturated heterocycles. The second-order valence-electron chi connectivity index (χ2n) is 3.68. The molecule has 2 N–H and O–H groups in total. The van der Waals surface area contributed by atoms with Gasteiger partial charge in [0.2, 0.25) is 11.8 Å². The van der Waals surface area contributed by atoms with Gasteiger partial charge < -0.3 is 10.6 Å². The number of aromatic nitrogens is 1. The predicted molar refractivity (Wildman–Crippen MR) is 60.0 cm³/mol. The Kier molecular flexibility index (Phi) is 3.51. The quantitative estimate of drug-likeness (QED) is 0.781. The summed E-state index contributed by atoms with van der Waals surface area (Å²) in [6.07, 6.45) is 1.78. The number of nitrogens with zero attached hydrogens (tertiary/aromatic N) is 1. The first-order valence-corrected chi connectivity index (χ1v) is 6.14. The van der Waals surface area contributed by atoms with Crippen LogP contribution in [0.2, 0.25) is 0 Å². The van der Waals surface area contributed by atoms with Gasteiger partial charge in [-0.25, -0.2) is 4.98 Å². The van der Waals surface area contributed by atoms with Crippen LogP contribution in [-0.2, 0) is 16.0 Å². The number of hydrogen-bond acceptors (Lipinski definition) is 4. The van der Waals surface area contributed by atoms with Crippen LogP contribution in [0.3, 0.4) is 0 Å². The maximum absolute atomic E-state index is 11.6. The number of hydrogen-bond donors (Lipinski definition) is 2. The van der Waals surface area contributed by atoms with Crippen LogP contribution in [0.1, 0.15) is 18.5 Å². The van der Waals surface area contributed by atoms with Crippen LogP contribution in [0.25, 0.3) is 0 Å². The molecule has 0 aromatic carbocycles. The highest BCUT2D eigenvalue weighted by molar-refractivity contribution is 7.07. The monoisotopic (exact) mass is 239 g/mol. The van der Waals surface area contributed by atoms with Gasteiger partial charge >= 0.3 is 0 Å². The van der Waals surface area contributed by atoms with Crippen LogP contribution in [0.4, 0.5) is 0 Å². The zero-order chi connectivity index (χ0) is 11.4. The van der Waals surface area contributed by atoms with Crippen molar-refractivity contribution in [2.75, 3.05) is 6.54 Å².